The van der Waals surface area contributed by atoms with Crippen LogP contribution in [0.2, 0.25) is 0 Å². The van der Waals surface area contributed by atoms with Crippen LogP contribution in [0, 0.1) is 5.92 Å². The van der Waals surface area contributed by atoms with E-state index < -0.39 is 11.9 Å². The number of ether oxygens (including phenoxy) is 1. The second kappa shape index (κ2) is 7.64. The Kier molecular flexibility index (Phi) is 5.58. The van der Waals surface area contributed by atoms with E-state index in [1.807, 2.05) is 50.2 Å². The Bertz CT molecular complexity index is 793. The molecule has 0 bridgehead atoms. The molecule has 126 valence electrons. The van der Waals surface area contributed by atoms with Crippen molar-refractivity contribution in [3.63, 3.8) is 0 Å². The lowest BCUT2D eigenvalue weighted by Gasteiger charge is -2.14. The Labute approximate surface area is 140 Å². The predicted octanol–water partition coefficient (Wildman–Crippen LogP) is 3.44. The number of amides is 1. The Morgan fingerprint density at radius 3 is 2.54 bits per heavy atom. The summed E-state index contributed by atoms with van der Waals surface area (Å²) in [5.41, 5.74) is 0.452. The number of hydrogen-bond donors (Lipinski definition) is 2. The molecule has 0 unspecified atom stereocenters. The van der Waals surface area contributed by atoms with Gasteiger partial charge in [0.05, 0.1) is 6.61 Å². The van der Waals surface area contributed by atoms with Crippen molar-refractivity contribution in [1.29, 1.82) is 0 Å². The molecule has 0 aliphatic rings. The number of benzene rings is 2. The number of nitrogens with one attached hydrogen (secondary N) is 1. The number of carbonyl (C=O) groups excluding carboxylic acids is 1. The van der Waals surface area contributed by atoms with Gasteiger partial charge in [-0.2, -0.15) is 0 Å². The second-order valence-corrected chi connectivity index (χ2v) is 5.95. The van der Waals surface area contributed by atoms with E-state index in [1.165, 1.54) is 13.0 Å². The fourth-order valence-corrected chi connectivity index (χ4v) is 2.29. The van der Waals surface area contributed by atoms with Gasteiger partial charge in [0.1, 0.15) is 11.4 Å². The largest absolute Gasteiger partial charge is 0.493 e. The van der Waals surface area contributed by atoms with E-state index in [0.29, 0.717) is 23.8 Å². The van der Waals surface area contributed by atoms with Crippen molar-refractivity contribution in [2.45, 2.75) is 20.8 Å². The van der Waals surface area contributed by atoms with E-state index in [4.69, 9.17) is 4.74 Å². The maximum absolute atomic E-state index is 11.4. The van der Waals surface area contributed by atoms with Crippen LogP contribution >= 0.6 is 0 Å². The molecule has 2 rings (SSSR count). The first kappa shape index (κ1) is 17.5. The van der Waals surface area contributed by atoms with Crippen molar-refractivity contribution in [1.82, 2.24) is 5.32 Å². The molecule has 0 heterocycles. The van der Waals surface area contributed by atoms with Crippen LogP contribution in [0.15, 0.2) is 42.1 Å². The quantitative estimate of drug-likeness (QED) is 0.797. The molecule has 2 N–H and O–H groups in total. The number of rotatable bonds is 6. The van der Waals surface area contributed by atoms with Gasteiger partial charge in [-0.25, -0.2) is 4.79 Å². The predicted molar refractivity (Wildman–Crippen MR) is 93.7 cm³/mol. The summed E-state index contributed by atoms with van der Waals surface area (Å²) in [6.45, 7) is 5.87. The molecule has 5 heteroatoms. The topological polar surface area (TPSA) is 75.6 Å². The summed E-state index contributed by atoms with van der Waals surface area (Å²) in [4.78, 5) is 22.7. The highest BCUT2D eigenvalue weighted by Crippen LogP contribution is 2.30. The zero-order valence-electron chi connectivity index (χ0n) is 14.0. The fraction of sp³-hybridized carbons (Fsp3) is 0.263. The highest BCUT2D eigenvalue weighted by Gasteiger charge is 2.14. The third-order valence-electron chi connectivity index (χ3n) is 3.33. The average Bonchev–Trinajstić information content (AvgIpc) is 2.52. The molecule has 0 fully saturated rings. The highest BCUT2D eigenvalue weighted by molar-refractivity contribution is 6.01. The molecule has 0 aliphatic carbocycles. The van der Waals surface area contributed by atoms with Gasteiger partial charge >= 0.3 is 5.97 Å². The third kappa shape index (κ3) is 4.35. The first-order valence-corrected chi connectivity index (χ1v) is 7.75. The minimum Gasteiger partial charge on any atom is -0.493 e. The lowest BCUT2D eigenvalue weighted by atomic mass is 10.0. The third-order valence-corrected chi connectivity index (χ3v) is 3.33. The van der Waals surface area contributed by atoms with Gasteiger partial charge in [-0.05, 0) is 28.8 Å². The van der Waals surface area contributed by atoms with Crippen molar-refractivity contribution >= 4 is 28.7 Å². The van der Waals surface area contributed by atoms with Gasteiger partial charge < -0.3 is 15.2 Å². The summed E-state index contributed by atoms with van der Waals surface area (Å²) in [7, 11) is 0. The van der Waals surface area contributed by atoms with Gasteiger partial charge in [-0.3, -0.25) is 4.79 Å². The molecule has 0 aromatic heterocycles. The standard InChI is InChI=1S/C19H21NO4/c1-12(2)11-24-18-9-8-14-6-4-5-7-15(14)16(18)10-17(19(22)23)20-13(3)21/h4-10,12H,11H2,1-3H3,(H,20,21)(H,22,23)/b17-10-. The Balaban J connectivity index is 2.60. The van der Waals surface area contributed by atoms with E-state index in [1.54, 1.807) is 0 Å². The van der Waals surface area contributed by atoms with Crippen LogP contribution in [0.5, 0.6) is 5.75 Å². The molecule has 1 amide bonds. The summed E-state index contributed by atoms with van der Waals surface area (Å²) in [6.07, 6.45) is 1.45. The molecule has 0 saturated heterocycles. The molecule has 2 aromatic rings. The van der Waals surface area contributed by atoms with Crippen molar-refractivity contribution in [2.75, 3.05) is 6.61 Å². The van der Waals surface area contributed by atoms with Gasteiger partial charge in [0, 0.05) is 12.5 Å². The first-order chi connectivity index (χ1) is 11.4. The fourth-order valence-electron chi connectivity index (χ4n) is 2.29. The van der Waals surface area contributed by atoms with E-state index >= 15 is 0 Å². The van der Waals surface area contributed by atoms with E-state index in [9.17, 15) is 14.7 Å². The molecular formula is C19H21NO4. The van der Waals surface area contributed by atoms with Crippen LogP contribution in [0.1, 0.15) is 26.3 Å². The smallest absolute Gasteiger partial charge is 0.352 e. The number of carboxylic acid groups (broad SMARTS) is 1. The van der Waals surface area contributed by atoms with Crippen molar-refractivity contribution in [2.24, 2.45) is 5.92 Å². The lowest BCUT2D eigenvalue weighted by Crippen LogP contribution is -2.24. The van der Waals surface area contributed by atoms with E-state index in [2.05, 4.69) is 5.32 Å². The Morgan fingerprint density at radius 1 is 1.21 bits per heavy atom. The van der Waals surface area contributed by atoms with Gasteiger partial charge in [0.25, 0.3) is 0 Å². The number of aliphatic carboxylic acids is 1. The second-order valence-electron chi connectivity index (χ2n) is 5.95. The maximum atomic E-state index is 11.4. The van der Waals surface area contributed by atoms with Crippen molar-refractivity contribution in [3.8, 4) is 5.75 Å². The van der Waals surface area contributed by atoms with E-state index in [-0.39, 0.29) is 5.70 Å². The Morgan fingerprint density at radius 2 is 1.92 bits per heavy atom. The number of carbonyl (C=O) groups is 2. The number of carboxylic acids is 1. The van der Waals surface area contributed by atoms with Crippen LogP contribution in [0.3, 0.4) is 0 Å². The van der Waals surface area contributed by atoms with Crippen LogP contribution in [-0.2, 0) is 9.59 Å². The van der Waals surface area contributed by atoms with Crippen LogP contribution in [0.25, 0.3) is 16.8 Å². The summed E-state index contributed by atoms with van der Waals surface area (Å²) < 4.78 is 5.84. The summed E-state index contributed by atoms with van der Waals surface area (Å²) in [5, 5.41) is 13.5. The molecule has 0 spiro atoms. The molecule has 0 aliphatic heterocycles. The SMILES string of the molecule is CC(=O)N/C(=C\c1c(OCC(C)C)ccc2ccccc12)C(=O)O. The van der Waals surface area contributed by atoms with Crippen molar-refractivity contribution < 1.29 is 19.4 Å². The van der Waals surface area contributed by atoms with E-state index in [0.717, 1.165) is 10.8 Å². The average molecular weight is 327 g/mol. The zero-order chi connectivity index (χ0) is 17.7. The minimum absolute atomic E-state index is 0.187. The van der Waals surface area contributed by atoms with Crippen LogP contribution in [-0.4, -0.2) is 23.6 Å². The van der Waals surface area contributed by atoms with Gasteiger partial charge in [0.15, 0.2) is 0 Å². The van der Waals surface area contributed by atoms with Gasteiger partial charge in [-0.15, -0.1) is 0 Å². The molecule has 0 radical (unpaired) electrons. The highest BCUT2D eigenvalue weighted by atomic mass is 16.5. The van der Waals surface area contributed by atoms with Crippen LogP contribution < -0.4 is 10.1 Å². The van der Waals surface area contributed by atoms with Crippen molar-refractivity contribution in [3.05, 3.63) is 47.7 Å². The summed E-state index contributed by atoms with van der Waals surface area (Å²) in [6, 6.07) is 11.4. The normalized spacial score (nSPS) is 11.6. The number of hydrogen-bond acceptors (Lipinski definition) is 3. The molecule has 24 heavy (non-hydrogen) atoms. The van der Waals surface area contributed by atoms with Crippen LogP contribution in [0.4, 0.5) is 0 Å². The summed E-state index contributed by atoms with van der Waals surface area (Å²) >= 11 is 0. The Hall–Kier alpha value is -2.82. The molecule has 5 nitrogen and oxygen atoms in total. The maximum Gasteiger partial charge on any atom is 0.352 e. The number of fused-ring (bicyclic) bond motifs is 1. The molecule has 2 aromatic carbocycles. The van der Waals surface area contributed by atoms with Gasteiger partial charge in [-0.1, -0.05) is 44.2 Å². The molecule has 0 atom stereocenters. The summed E-state index contributed by atoms with van der Waals surface area (Å²) in [5.74, 6) is -0.712. The zero-order valence-corrected chi connectivity index (χ0v) is 14.0. The first-order valence-electron chi connectivity index (χ1n) is 7.75. The van der Waals surface area contributed by atoms with Gasteiger partial charge in [0.2, 0.25) is 5.91 Å². The molecule has 0 saturated carbocycles. The molecular weight excluding hydrogens is 306 g/mol. The monoisotopic (exact) mass is 327 g/mol. The lowest BCUT2D eigenvalue weighted by molar-refractivity contribution is -0.134. The minimum atomic E-state index is -1.20.